The highest BCUT2D eigenvalue weighted by atomic mass is 19.4. The molecule has 1 unspecified atom stereocenters. The number of hydrogen-bond acceptors (Lipinski definition) is 3. The van der Waals surface area contributed by atoms with E-state index in [9.17, 15) is 13.2 Å². The van der Waals surface area contributed by atoms with Gasteiger partial charge in [0.15, 0.2) is 0 Å². The van der Waals surface area contributed by atoms with E-state index in [0.29, 0.717) is 19.6 Å². The lowest BCUT2D eigenvalue weighted by Crippen LogP contribution is -2.33. The molecule has 0 aromatic carbocycles. The molecule has 1 fully saturated rings. The first-order valence-corrected chi connectivity index (χ1v) is 5.97. The number of hydrogen-bond donors (Lipinski definition) is 1. The van der Waals surface area contributed by atoms with E-state index in [1.54, 1.807) is 6.20 Å². The van der Waals surface area contributed by atoms with E-state index in [1.807, 2.05) is 18.2 Å². The van der Waals surface area contributed by atoms with Crippen molar-refractivity contribution >= 4 is 5.82 Å². The molecule has 1 atom stereocenters. The fraction of sp³-hybridized carbons (Fsp3) is 0.583. The zero-order valence-corrected chi connectivity index (χ0v) is 9.95. The third-order valence-electron chi connectivity index (χ3n) is 3.01. The van der Waals surface area contributed by atoms with Crippen molar-refractivity contribution in [2.24, 2.45) is 5.92 Å². The average molecular weight is 259 g/mol. The predicted octanol–water partition coefficient (Wildman–Crippen LogP) is 2.38. The first kappa shape index (κ1) is 13.1. The van der Waals surface area contributed by atoms with Crippen LogP contribution in [0.2, 0.25) is 0 Å². The molecule has 1 aliphatic rings. The fourth-order valence-corrected chi connectivity index (χ4v) is 2.19. The summed E-state index contributed by atoms with van der Waals surface area (Å²) in [5.74, 6) is 1.03. The first-order valence-electron chi connectivity index (χ1n) is 5.97. The minimum atomic E-state index is -4.09. The minimum absolute atomic E-state index is 0.259. The van der Waals surface area contributed by atoms with Gasteiger partial charge < -0.3 is 5.32 Å². The highest BCUT2D eigenvalue weighted by Gasteiger charge is 2.34. The Bertz CT molecular complexity index is 367. The van der Waals surface area contributed by atoms with E-state index in [-0.39, 0.29) is 5.92 Å². The smallest absolute Gasteiger partial charge is 0.370 e. The Hall–Kier alpha value is -1.30. The first-order chi connectivity index (χ1) is 8.53. The normalized spacial score (nSPS) is 21.2. The number of likely N-dealkylation sites (tertiary alicyclic amines) is 1. The van der Waals surface area contributed by atoms with Gasteiger partial charge in [-0.2, -0.15) is 13.2 Å². The lowest BCUT2D eigenvalue weighted by atomic mass is 10.1. The van der Waals surface area contributed by atoms with Crippen molar-refractivity contribution in [1.82, 2.24) is 9.88 Å². The summed E-state index contributed by atoms with van der Waals surface area (Å²) in [5, 5.41) is 3.15. The molecule has 0 aliphatic carbocycles. The molecular weight excluding hydrogens is 243 g/mol. The largest absolute Gasteiger partial charge is 0.401 e. The van der Waals surface area contributed by atoms with Gasteiger partial charge in [-0.15, -0.1) is 0 Å². The van der Waals surface area contributed by atoms with Crippen molar-refractivity contribution in [2.75, 3.05) is 31.5 Å². The van der Waals surface area contributed by atoms with E-state index in [4.69, 9.17) is 0 Å². The zero-order valence-electron chi connectivity index (χ0n) is 9.95. The van der Waals surface area contributed by atoms with Crippen molar-refractivity contribution in [3.8, 4) is 0 Å². The Labute approximate surface area is 104 Å². The third kappa shape index (κ3) is 4.18. The molecule has 0 amide bonds. The number of rotatable bonds is 4. The predicted molar refractivity (Wildman–Crippen MR) is 63.3 cm³/mol. The molecule has 1 aromatic heterocycles. The van der Waals surface area contributed by atoms with Crippen LogP contribution >= 0.6 is 0 Å². The molecule has 1 N–H and O–H groups in total. The molecule has 0 radical (unpaired) electrons. The van der Waals surface area contributed by atoms with Gasteiger partial charge in [0.2, 0.25) is 0 Å². The number of pyridine rings is 1. The Morgan fingerprint density at radius 1 is 1.39 bits per heavy atom. The maximum atomic E-state index is 12.2. The Kier molecular flexibility index (Phi) is 4.06. The molecule has 1 aromatic rings. The third-order valence-corrected chi connectivity index (χ3v) is 3.01. The number of nitrogens with one attached hydrogen (secondary N) is 1. The minimum Gasteiger partial charge on any atom is -0.370 e. The van der Waals surface area contributed by atoms with Gasteiger partial charge in [-0.1, -0.05) is 6.07 Å². The molecule has 3 nitrogen and oxygen atoms in total. The van der Waals surface area contributed by atoms with Crippen LogP contribution in [-0.4, -0.2) is 42.2 Å². The van der Waals surface area contributed by atoms with Crippen LogP contribution in [-0.2, 0) is 0 Å². The highest BCUT2D eigenvalue weighted by Crippen LogP contribution is 2.22. The summed E-state index contributed by atoms with van der Waals surface area (Å²) in [6, 6.07) is 5.55. The Balaban J connectivity index is 1.73. The van der Waals surface area contributed by atoms with Crippen molar-refractivity contribution < 1.29 is 13.2 Å². The number of alkyl halides is 3. The molecule has 6 heteroatoms. The molecule has 1 saturated heterocycles. The summed E-state index contributed by atoms with van der Waals surface area (Å²) in [4.78, 5) is 5.58. The number of anilines is 1. The fourth-order valence-electron chi connectivity index (χ4n) is 2.19. The summed E-state index contributed by atoms with van der Waals surface area (Å²) in [7, 11) is 0. The van der Waals surface area contributed by atoms with Crippen molar-refractivity contribution in [3.63, 3.8) is 0 Å². The molecule has 100 valence electrons. The molecule has 1 aliphatic heterocycles. The number of halogens is 3. The summed E-state index contributed by atoms with van der Waals surface area (Å²) in [6.45, 7) is 0.895. The summed E-state index contributed by atoms with van der Waals surface area (Å²) < 4.78 is 36.7. The standard InChI is InChI=1S/C12H16F3N3/c13-12(14,15)9-18-6-4-10(8-18)7-17-11-3-1-2-5-16-11/h1-3,5,10H,4,6-9H2,(H,16,17). The van der Waals surface area contributed by atoms with Crippen LogP contribution in [0, 0.1) is 5.92 Å². The molecule has 0 saturated carbocycles. The van der Waals surface area contributed by atoms with E-state index in [1.165, 1.54) is 4.90 Å². The maximum Gasteiger partial charge on any atom is 0.401 e. The second kappa shape index (κ2) is 5.56. The van der Waals surface area contributed by atoms with Gasteiger partial charge in [0.1, 0.15) is 5.82 Å². The SMILES string of the molecule is FC(F)(F)CN1CCC(CNc2ccccn2)C1. The summed E-state index contributed by atoms with van der Waals surface area (Å²) in [5.41, 5.74) is 0. The average Bonchev–Trinajstić information content (AvgIpc) is 2.73. The van der Waals surface area contributed by atoms with Crippen molar-refractivity contribution in [2.45, 2.75) is 12.6 Å². The zero-order chi connectivity index (χ0) is 13.0. The van der Waals surface area contributed by atoms with Crippen LogP contribution < -0.4 is 5.32 Å². The van der Waals surface area contributed by atoms with Crippen LogP contribution in [0.1, 0.15) is 6.42 Å². The van der Waals surface area contributed by atoms with Crippen LogP contribution in [0.3, 0.4) is 0 Å². The number of aromatic nitrogens is 1. The maximum absolute atomic E-state index is 12.2. The lowest BCUT2D eigenvalue weighted by Gasteiger charge is -2.18. The van der Waals surface area contributed by atoms with Gasteiger partial charge in [-0.25, -0.2) is 4.98 Å². The van der Waals surface area contributed by atoms with E-state index >= 15 is 0 Å². The number of nitrogens with zero attached hydrogens (tertiary/aromatic N) is 2. The van der Waals surface area contributed by atoms with Crippen molar-refractivity contribution in [1.29, 1.82) is 0 Å². The van der Waals surface area contributed by atoms with Crippen LogP contribution in [0.5, 0.6) is 0 Å². The molecule has 2 rings (SSSR count). The molecular formula is C12H16F3N3. The topological polar surface area (TPSA) is 28.2 Å². The van der Waals surface area contributed by atoms with Gasteiger partial charge in [0, 0.05) is 19.3 Å². The summed E-state index contributed by atoms with van der Waals surface area (Å²) >= 11 is 0. The quantitative estimate of drug-likeness (QED) is 0.899. The van der Waals surface area contributed by atoms with E-state index in [2.05, 4.69) is 10.3 Å². The Morgan fingerprint density at radius 3 is 2.89 bits per heavy atom. The van der Waals surface area contributed by atoms with E-state index < -0.39 is 12.7 Å². The van der Waals surface area contributed by atoms with Crippen LogP contribution in [0.15, 0.2) is 24.4 Å². The van der Waals surface area contributed by atoms with Gasteiger partial charge in [0.25, 0.3) is 0 Å². The molecule has 0 bridgehead atoms. The monoisotopic (exact) mass is 259 g/mol. The molecule has 18 heavy (non-hydrogen) atoms. The van der Waals surface area contributed by atoms with E-state index in [0.717, 1.165) is 12.2 Å². The van der Waals surface area contributed by atoms with Gasteiger partial charge in [-0.3, -0.25) is 4.90 Å². The van der Waals surface area contributed by atoms with Crippen molar-refractivity contribution in [3.05, 3.63) is 24.4 Å². The lowest BCUT2D eigenvalue weighted by molar-refractivity contribution is -0.143. The summed E-state index contributed by atoms with van der Waals surface area (Å²) in [6.07, 6.45) is -1.61. The second-order valence-electron chi connectivity index (χ2n) is 4.60. The van der Waals surface area contributed by atoms with Gasteiger partial charge in [-0.05, 0) is 31.0 Å². The highest BCUT2D eigenvalue weighted by molar-refractivity contribution is 5.33. The molecule has 0 spiro atoms. The van der Waals surface area contributed by atoms with Gasteiger partial charge in [0.05, 0.1) is 6.54 Å². The molecule has 2 heterocycles. The van der Waals surface area contributed by atoms with Gasteiger partial charge >= 0.3 is 6.18 Å². The second-order valence-corrected chi connectivity index (χ2v) is 4.60. The Morgan fingerprint density at radius 2 is 2.22 bits per heavy atom. The van der Waals surface area contributed by atoms with Crippen LogP contribution in [0.4, 0.5) is 19.0 Å². The van der Waals surface area contributed by atoms with Crippen LogP contribution in [0.25, 0.3) is 0 Å².